The average molecular weight is 266 g/mol. The van der Waals surface area contributed by atoms with Gasteiger partial charge in [-0.1, -0.05) is 41.9 Å². The van der Waals surface area contributed by atoms with Crippen molar-refractivity contribution in [2.45, 2.75) is 25.3 Å². The summed E-state index contributed by atoms with van der Waals surface area (Å²) in [6, 6.07) is 10.1. The largest absolute Gasteiger partial charge is 0.337 e. The third kappa shape index (κ3) is 2.71. The van der Waals surface area contributed by atoms with E-state index in [1.54, 1.807) is 0 Å². The zero-order chi connectivity index (χ0) is 11.5. The maximum Gasteiger partial charge on any atom is 0.244 e. The van der Waals surface area contributed by atoms with Crippen molar-refractivity contribution in [3.63, 3.8) is 0 Å². The molecular weight excluding hydrogens is 250 g/mol. The van der Waals surface area contributed by atoms with Gasteiger partial charge in [-0.2, -0.15) is 4.98 Å². The van der Waals surface area contributed by atoms with Gasteiger partial charge in [-0.05, 0) is 19.4 Å². The van der Waals surface area contributed by atoms with Crippen LogP contribution in [-0.4, -0.2) is 16.7 Å². The number of nitrogens with one attached hydrogen (secondary N) is 1. The van der Waals surface area contributed by atoms with E-state index in [1.807, 2.05) is 30.3 Å². The van der Waals surface area contributed by atoms with Crippen LogP contribution in [0, 0.1) is 0 Å². The van der Waals surface area contributed by atoms with Crippen molar-refractivity contribution >= 4 is 12.4 Å². The lowest BCUT2D eigenvalue weighted by molar-refractivity contribution is 0.297. The minimum Gasteiger partial charge on any atom is -0.337 e. The van der Waals surface area contributed by atoms with E-state index in [2.05, 4.69) is 15.5 Å². The highest BCUT2D eigenvalue weighted by molar-refractivity contribution is 5.85. The second-order valence-corrected chi connectivity index (χ2v) is 4.32. The molecule has 2 heterocycles. The van der Waals surface area contributed by atoms with Crippen LogP contribution in [0.25, 0.3) is 11.4 Å². The van der Waals surface area contributed by atoms with Crippen LogP contribution in [0.5, 0.6) is 0 Å². The normalized spacial score (nSPS) is 19.2. The van der Waals surface area contributed by atoms with Gasteiger partial charge in [0.25, 0.3) is 0 Å². The van der Waals surface area contributed by atoms with Gasteiger partial charge in [-0.15, -0.1) is 12.4 Å². The van der Waals surface area contributed by atoms with E-state index < -0.39 is 0 Å². The molecule has 1 atom stereocenters. The summed E-state index contributed by atoms with van der Waals surface area (Å²) in [4.78, 5) is 4.46. The van der Waals surface area contributed by atoms with Crippen molar-refractivity contribution in [3.8, 4) is 11.4 Å². The van der Waals surface area contributed by atoms with Crippen LogP contribution in [0.4, 0.5) is 0 Å². The summed E-state index contributed by atoms with van der Waals surface area (Å²) < 4.78 is 5.33. The Bertz CT molecular complexity index is 480. The number of rotatable bonds is 2. The SMILES string of the molecule is Cl.c1ccc(-c2noc(C3CCCCN3)n2)cc1. The Kier molecular flexibility index (Phi) is 4.33. The first-order chi connectivity index (χ1) is 8.43. The number of hydrogen-bond donors (Lipinski definition) is 1. The van der Waals surface area contributed by atoms with Crippen molar-refractivity contribution < 1.29 is 4.52 Å². The molecule has 0 bridgehead atoms. The van der Waals surface area contributed by atoms with Gasteiger partial charge in [0, 0.05) is 5.56 Å². The molecule has 1 N–H and O–H groups in total. The lowest BCUT2D eigenvalue weighted by Crippen LogP contribution is -2.26. The second kappa shape index (κ2) is 5.98. The van der Waals surface area contributed by atoms with Crippen LogP contribution in [-0.2, 0) is 0 Å². The summed E-state index contributed by atoms with van der Waals surface area (Å²) >= 11 is 0. The molecule has 1 fully saturated rings. The summed E-state index contributed by atoms with van der Waals surface area (Å²) in [6.07, 6.45) is 3.54. The van der Waals surface area contributed by atoms with E-state index in [-0.39, 0.29) is 18.4 Å². The average Bonchev–Trinajstić information content (AvgIpc) is 2.90. The Labute approximate surface area is 112 Å². The number of halogens is 1. The van der Waals surface area contributed by atoms with E-state index in [0.717, 1.165) is 18.5 Å². The fourth-order valence-corrected chi connectivity index (χ4v) is 2.14. The first kappa shape index (κ1) is 13.1. The highest BCUT2D eigenvalue weighted by Crippen LogP contribution is 2.23. The summed E-state index contributed by atoms with van der Waals surface area (Å²) in [5.41, 5.74) is 0.998. The molecule has 18 heavy (non-hydrogen) atoms. The lowest BCUT2D eigenvalue weighted by Gasteiger charge is -2.19. The maximum atomic E-state index is 5.33. The molecule has 1 aliphatic rings. The molecular formula is C13H16ClN3O. The smallest absolute Gasteiger partial charge is 0.244 e. The molecule has 1 aromatic heterocycles. The molecule has 3 rings (SSSR count). The van der Waals surface area contributed by atoms with Crippen LogP contribution >= 0.6 is 12.4 Å². The Morgan fingerprint density at radius 1 is 1.17 bits per heavy atom. The Morgan fingerprint density at radius 3 is 2.72 bits per heavy atom. The molecule has 1 aromatic carbocycles. The Balaban J connectivity index is 0.00000120. The van der Waals surface area contributed by atoms with E-state index >= 15 is 0 Å². The minimum atomic E-state index is 0. The van der Waals surface area contributed by atoms with Crippen LogP contribution in [0.1, 0.15) is 31.2 Å². The third-order valence-electron chi connectivity index (χ3n) is 3.08. The number of piperidine rings is 1. The van der Waals surface area contributed by atoms with Crippen molar-refractivity contribution in [1.29, 1.82) is 0 Å². The fourth-order valence-electron chi connectivity index (χ4n) is 2.14. The summed E-state index contributed by atoms with van der Waals surface area (Å²) in [6.45, 7) is 1.04. The molecule has 1 saturated heterocycles. The van der Waals surface area contributed by atoms with Gasteiger partial charge in [0.05, 0.1) is 6.04 Å². The van der Waals surface area contributed by atoms with Gasteiger partial charge in [0.1, 0.15) is 0 Å². The van der Waals surface area contributed by atoms with Gasteiger partial charge in [0.2, 0.25) is 11.7 Å². The molecule has 0 amide bonds. The first-order valence-corrected chi connectivity index (χ1v) is 6.06. The van der Waals surface area contributed by atoms with Crippen molar-refractivity contribution in [2.24, 2.45) is 0 Å². The molecule has 1 aliphatic heterocycles. The monoisotopic (exact) mass is 265 g/mol. The quantitative estimate of drug-likeness (QED) is 0.907. The molecule has 0 spiro atoms. The topological polar surface area (TPSA) is 51.0 Å². The second-order valence-electron chi connectivity index (χ2n) is 4.32. The predicted octanol–water partition coefficient (Wildman–Crippen LogP) is 2.97. The highest BCUT2D eigenvalue weighted by Gasteiger charge is 2.21. The van der Waals surface area contributed by atoms with Crippen LogP contribution < -0.4 is 5.32 Å². The van der Waals surface area contributed by atoms with Crippen LogP contribution in [0.2, 0.25) is 0 Å². The molecule has 1 unspecified atom stereocenters. The number of nitrogens with zero attached hydrogens (tertiary/aromatic N) is 2. The van der Waals surface area contributed by atoms with E-state index in [4.69, 9.17) is 4.52 Å². The van der Waals surface area contributed by atoms with Crippen molar-refractivity contribution in [2.75, 3.05) is 6.54 Å². The minimum absolute atomic E-state index is 0. The molecule has 5 heteroatoms. The van der Waals surface area contributed by atoms with Crippen LogP contribution in [0.3, 0.4) is 0 Å². The van der Waals surface area contributed by atoms with Crippen molar-refractivity contribution in [3.05, 3.63) is 36.2 Å². The molecule has 96 valence electrons. The molecule has 0 radical (unpaired) electrons. The molecule has 2 aromatic rings. The predicted molar refractivity (Wildman–Crippen MR) is 71.6 cm³/mol. The first-order valence-electron chi connectivity index (χ1n) is 6.06. The third-order valence-corrected chi connectivity index (χ3v) is 3.08. The molecule has 4 nitrogen and oxygen atoms in total. The Morgan fingerprint density at radius 2 is 2.00 bits per heavy atom. The number of aromatic nitrogens is 2. The molecule has 0 saturated carbocycles. The van der Waals surface area contributed by atoms with Gasteiger partial charge in [-0.3, -0.25) is 0 Å². The van der Waals surface area contributed by atoms with Gasteiger partial charge < -0.3 is 9.84 Å². The number of benzene rings is 1. The van der Waals surface area contributed by atoms with Gasteiger partial charge >= 0.3 is 0 Å². The van der Waals surface area contributed by atoms with E-state index in [9.17, 15) is 0 Å². The van der Waals surface area contributed by atoms with Crippen molar-refractivity contribution in [1.82, 2.24) is 15.5 Å². The summed E-state index contributed by atoms with van der Waals surface area (Å²) in [7, 11) is 0. The zero-order valence-electron chi connectivity index (χ0n) is 10.0. The highest BCUT2D eigenvalue weighted by atomic mass is 35.5. The van der Waals surface area contributed by atoms with Crippen LogP contribution in [0.15, 0.2) is 34.9 Å². The van der Waals surface area contributed by atoms with E-state index in [0.29, 0.717) is 11.7 Å². The summed E-state index contributed by atoms with van der Waals surface area (Å²) in [5, 5.41) is 7.44. The van der Waals surface area contributed by atoms with E-state index in [1.165, 1.54) is 12.8 Å². The van der Waals surface area contributed by atoms with Gasteiger partial charge in [-0.25, -0.2) is 0 Å². The maximum absolute atomic E-state index is 5.33. The lowest BCUT2D eigenvalue weighted by atomic mass is 10.1. The molecule has 0 aliphatic carbocycles. The Hall–Kier alpha value is -1.39. The number of hydrogen-bond acceptors (Lipinski definition) is 4. The standard InChI is InChI=1S/C13H15N3O.ClH/c1-2-6-10(7-3-1)12-15-13(17-16-12)11-8-4-5-9-14-11;/h1-3,6-7,11,14H,4-5,8-9H2;1H. The zero-order valence-corrected chi connectivity index (χ0v) is 10.8. The summed E-state index contributed by atoms with van der Waals surface area (Å²) in [5.74, 6) is 1.39. The van der Waals surface area contributed by atoms with Gasteiger partial charge in [0.15, 0.2) is 0 Å². The fraction of sp³-hybridized carbons (Fsp3) is 0.385.